The van der Waals surface area contributed by atoms with Gasteiger partial charge >= 0.3 is 0 Å². The summed E-state index contributed by atoms with van der Waals surface area (Å²) in [6.45, 7) is 6.01. The minimum atomic E-state index is -0.220. The van der Waals surface area contributed by atoms with Crippen LogP contribution in [0.5, 0.6) is 5.75 Å². The lowest BCUT2D eigenvalue weighted by molar-refractivity contribution is -0.120. The highest BCUT2D eigenvalue weighted by atomic mass is 32.2. The molecule has 2 aromatic rings. The molecule has 0 spiro atoms. The van der Waals surface area contributed by atoms with Crippen molar-refractivity contribution in [2.75, 3.05) is 18.7 Å². The topological polar surface area (TPSA) is 95.1 Å². The number of aromatic nitrogens is 3. The zero-order valence-electron chi connectivity index (χ0n) is 14.4. The monoisotopic (exact) mass is 349 g/mol. The van der Waals surface area contributed by atoms with Crippen LogP contribution in [0.25, 0.3) is 11.4 Å². The van der Waals surface area contributed by atoms with Crippen LogP contribution in [-0.2, 0) is 4.79 Å². The SMILES string of the molecule is CCC(C)(C)NC(=O)CSc1nnc(-c2ccc(OC)cc2)n1N. The molecule has 0 aliphatic carbocycles. The minimum absolute atomic E-state index is 0.0548. The van der Waals surface area contributed by atoms with Crippen LogP contribution < -0.4 is 15.9 Å². The Morgan fingerprint density at radius 2 is 2.00 bits per heavy atom. The Bertz CT molecular complexity index is 697. The maximum atomic E-state index is 12.0. The van der Waals surface area contributed by atoms with Crippen LogP contribution in [0.4, 0.5) is 0 Å². The molecule has 0 radical (unpaired) electrons. The van der Waals surface area contributed by atoms with Crippen LogP contribution in [0.15, 0.2) is 29.4 Å². The van der Waals surface area contributed by atoms with Gasteiger partial charge in [-0.2, -0.15) is 0 Å². The lowest BCUT2D eigenvalue weighted by Crippen LogP contribution is -2.43. The molecule has 8 heteroatoms. The Balaban J connectivity index is 2.03. The minimum Gasteiger partial charge on any atom is -0.497 e. The largest absolute Gasteiger partial charge is 0.497 e. The molecule has 0 saturated heterocycles. The number of nitrogens with two attached hydrogens (primary N) is 1. The van der Waals surface area contributed by atoms with Crippen molar-refractivity contribution in [3.63, 3.8) is 0 Å². The molecule has 0 aliphatic heterocycles. The van der Waals surface area contributed by atoms with Crippen molar-refractivity contribution in [2.45, 2.75) is 37.9 Å². The number of hydrogen-bond acceptors (Lipinski definition) is 6. The van der Waals surface area contributed by atoms with E-state index in [0.717, 1.165) is 17.7 Å². The van der Waals surface area contributed by atoms with E-state index < -0.39 is 0 Å². The van der Waals surface area contributed by atoms with Gasteiger partial charge in [0.05, 0.1) is 12.9 Å². The quantitative estimate of drug-likeness (QED) is 0.587. The van der Waals surface area contributed by atoms with Gasteiger partial charge < -0.3 is 15.9 Å². The second kappa shape index (κ2) is 7.57. The molecular formula is C16H23N5O2S. The van der Waals surface area contributed by atoms with E-state index in [9.17, 15) is 4.79 Å². The van der Waals surface area contributed by atoms with Crippen molar-refractivity contribution in [3.8, 4) is 17.1 Å². The van der Waals surface area contributed by atoms with Gasteiger partial charge in [0, 0.05) is 11.1 Å². The van der Waals surface area contributed by atoms with E-state index in [2.05, 4.69) is 15.5 Å². The molecule has 1 amide bonds. The van der Waals surface area contributed by atoms with Gasteiger partial charge in [-0.1, -0.05) is 18.7 Å². The van der Waals surface area contributed by atoms with E-state index in [0.29, 0.717) is 11.0 Å². The standard InChI is InChI=1S/C16H23N5O2S/c1-5-16(2,3)18-13(22)10-24-15-20-19-14(21(15)17)11-6-8-12(23-4)9-7-11/h6-9H,5,10,17H2,1-4H3,(H,18,22). The number of carbonyl (C=O) groups excluding carboxylic acids is 1. The van der Waals surface area contributed by atoms with Gasteiger partial charge in [-0.25, -0.2) is 4.68 Å². The summed E-state index contributed by atoms with van der Waals surface area (Å²) in [5.41, 5.74) is 0.608. The van der Waals surface area contributed by atoms with Crippen molar-refractivity contribution >= 4 is 17.7 Å². The number of rotatable bonds is 7. The summed E-state index contributed by atoms with van der Waals surface area (Å²) in [4.78, 5) is 12.0. The molecule has 0 saturated carbocycles. The molecule has 2 rings (SSSR count). The number of nitrogen functional groups attached to an aromatic ring is 1. The number of thioether (sulfide) groups is 1. The van der Waals surface area contributed by atoms with Gasteiger partial charge in [0.25, 0.3) is 0 Å². The Morgan fingerprint density at radius 1 is 1.33 bits per heavy atom. The van der Waals surface area contributed by atoms with Crippen molar-refractivity contribution in [1.29, 1.82) is 0 Å². The lowest BCUT2D eigenvalue weighted by Gasteiger charge is -2.24. The fourth-order valence-corrected chi connectivity index (χ4v) is 2.60. The highest BCUT2D eigenvalue weighted by Crippen LogP contribution is 2.23. The maximum absolute atomic E-state index is 12.0. The van der Waals surface area contributed by atoms with Gasteiger partial charge in [0.15, 0.2) is 5.82 Å². The summed E-state index contributed by atoms with van der Waals surface area (Å²) in [6.07, 6.45) is 0.859. The van der Waals surface area contributed by atoms with Crippen LogP contribution in [0.2, 0.25) is 0 Å². The fourth-order valence-electron chi connectivity index (χ4n) is 1.94. The Kier molecular flexibility index (Phi) is 5.71. The average molecular weight is 349 g/mol. The molecule has 7 nitrogen and oxygen atoms in total. The second-order valence-electron chi connectivity index (χ2n) is 5.98. The molecular weight excluding hydrogens is 326 g/mol. The van der Waals surface area contributed by atoms with E-state index in [-0.39, 0.29) is 17.2 Å². The van der Waals surface area contributed by atoms with E-state index in [1.807, 2.05) is 45.0 Å². The molecule has 1 heterocycles. The zero-order valence-corrected chi connectivity index (χ0v) is 15.2. The van der Waals surface area contributed by atoms with Crippen LogP contribution >= 0.6 is 11.8 Å². The third kappa shape index (κ3) is 4.41. The first kappa shape index (κ1) is 18.1. The van der Waals surface area contributed by atoms with Gasteiger partial charge in [0.2, 0.25) is 11.1 Å². The molecule has 0 bridgehead atoms. The zero-order chi connectivity index (χ0) is 17.7. The average Bonchev–Trinajstić information content (AvgIpc) is 2.93. The predicted octanol–water partition coefficient (Wildman–Crippen LogP) is 2.06. The number of hydrogen-bond donors (Lipinski definition) is 2. The number of ether oxygens (including phenoxy) is 1. The van der Waals surface area contributed by atoms with Gasteiger partial charge in [-0.05, 0) is 44.5 Å². The van der Waals surface area contributed by atoms with E-state index >= 15 is 0 Å². The van der Waals surface area contributed by atoms with Crippen molar-refractivity contribution in [3.05, 3.63) is 24.3 Å². The first-order valence-corrected chi connectivity index (χ1v) is 8.63. The Hall–Kier alpha value is -2.22. The number of nitrogens with one attached hydrogen (secondary N) is 1. The van der Waals surface area contributed by atoms with Crippen molar-refractivity contribution in [1.82, 2.24) is 20.2 Å². The van der Waals surface area contributed by atoms with Gasteiger partial charge in [-0.15, -0.1) is 10.2 Å². The summed E-state index contributed by atoms with van der Waals surface area (Å²) >= 11 is 1.26. The number of carbonyl (C=O) groups is 1. The molecule has 0 unspecified atom stereocenters. The molecule has 0 aliphatic rings. The van der Waals surface area contributed by atoms with E-state index in [4.69, 9.17) is 10.6 Å². The number of benzene rings is 1. The third-order valence-corrected chi connectivity index (χ3v) is 4.65. The molecule has 0 fully saturated rings. The normalized spacial score (nSPS) is 11.3. The molecule has 130 valence electrons. The summed E-state index contributed by atoms with van der Waals surface area (Å²) in [5, 5.41) is 11.6. The van der Waals surface area contributed by atoms with Crippen molar-refractivity contribution in [2.24, 2.45) is 0 Å². The number of nitrogens with zero attached hydrogens (tertiary/aromatic N) is 3. The van der Waals surface area contributed by atoms with Crippen LogP contribution in [-0.4, -0.2) is 39.2 Å². The molecule has 1 aromatic heterocycles. The lowest BCUT2D eigenvalue weighted by atomic mass is 10.0. The number of methoxy groups -OCH3 is 1. The Labute approximate surface area is 145 Å². The van der Waals surface area contributed by atoms with Crippen LogP contribution in [0, 0.1) is 0 Å². The first-order chi connectivity index (χ1) is 11.4. The van der Waals surface area contributed by atoms with Crippen LogP contribution in [0.1, 0.15) is 27.2 Å². The van der Waals surface area contributed by atoms with Gasteiger partial charge in [-0.3, -0.25) is 4.79 Å². The second-order valence-corrected chi connectivity index (χ2v) is 6.92. The van der Waals surface area contributed by atoms with Gasteiger partial charge in [0.1, 0.15) is 5.75 Å². The number of amides is 1. The van der Waals surface area contributed by atoms with Crippen molar-refractivity contribution < 1.29 is 9.53 Å². The molecule has 3 N–H and O–H groups in total. The fraction of sp³-hybridized carbons (Fsp3) is 0.438. The van der Waals surface area contributed by atoms with E-state index in [1.54, 1.807) is 7.11 Å². The van der Waals surface area contributed by atoms with Crippen LogP contribution in [0.3, 0.4) is 0 Å². The summed E-state index contributed by atoms with van der Waals surface area (Å²) in [7, 11) is 1.61. The smallest absolute Gasteiger partial charge is 0.230 e. The molecule has 1 aromatic carbocycles. The highest BCUT2D eigenvalue weighted by molar-refractivity contribution is 7.99. The van der Waals surface area contributed by atoms with E-state index in [1.165, 1.54) is 16.4 Å². The first-order valence-electron chi connectivity index (χ1n) is 7.65. The Morgan fingerprint density at radius 3 is 2.58 bits per heavy atom. The summed E-state index contributed by atoms with van der Waals surface area (Å²) < 4.78 is 6.53. The maximum Gasteiger partial charge on any atom is 0.230 e. The predicted molar refractivity (Wildman–Crippen MR) is 95.4 cm³/mol. The molecule has 24 heavy (non-hydrogen) atoms. The highest BCUT2D eigenvalue weighted by Gasteiger charge is 2.19. The third-order valence-electron chi connectivity index (χ3n) is 3.71. The summed E-state index contributed by atoms with van der Waals surface area (Å²) in [6, 6.07) is 7.38. The molecule has 0 atom stereocenters. The summed E-state index contributed by atoms with van der Waals surface area (Å²) in [5.74, 6) is 7.53.